The van der Waals surface area contributed by atoms with Crippen LogP contribution in [-0.2, 0) is 0 Å². The van der Waals surface area contributed by atoms with E-state index in [9.17, 15) is 0 Å². The van der Waals surface area contributed by atoms with Crippen molar-refractivity contribution in [3.05, 3.63) is 36.3 Å². The van der Waals surface area contributed by atoms with Gasteiger partial charge in [0.15, 0.2) is 0 Å². The van der Waals surface area contributed by atoms with Gasteiger partial charge >= 0.3 is 0 Å². The molecule has 96 valence electrons. The molecule has 1 aromatic heterocycles. The van der Waals surface area contributed by atoms with Crippen LogP contribution in [0.25, 0.3) is 0 Å². The fourth-order valence-corrected chi connectivity index (χ4v) is 2.39. The van der Waals surface area contributed by atoms with Gasteiger partial charge < -0.3 is 14.9 Å². The summed E-state index contributed by atoms with van der Waals surface area (Å²) in [5.41, 5.74) is 6.56. The van der Waals surface area contributed by atoms with Crippen LogP contribution in [0.1, 0.15) is 19.1 Å². The standard InChI is InChI=1S/C14H17NO2S/c1-3-7-17-13-9-11(4-5-12(13)15)18-14-6-8-16-10(14)2/h4-6,8-9H,3,7,15H2,1-2H3. The van der Waals surface area contributed by atoms with Crippen LogP contribution in [0.15, 0.2) is 44.7 Å². The monoisotopic (exact) mass is 263 g/mol. The van der Waals surface area contributed by atoms with Gasteiger partial charge in [-0.05, 0) is 37.6 Å². The van der Waals surface area contributed by atoms with E-state index in [2.05, 4.69) is 6.92 Å². The quantitative estimate of drug-likeness (QED) is 0.825. The molecule has 4 heteroatoms. The first-order valence-corrected chi connectivity index (χ1v) is 6.76. The van der Waals surface area contributed by atoms with E-state index in [0.717, 1.165) is 27.7 Å². The molecule has 0 fully saturated rings. The maximum atomic E-state index is 5.88. The second-order valence-corrected chi connectivity index (χ2v) is 5.11. The molecule has 0 spiro atoms. The summed E-state index contributed by atoms with van der Waals surface area (Å²) in [7, 11) is 0. The molecule has 2 rings (SSSR count). The van der Waals surface area contributed by atoms with E-state index >= 15 is 0 Å². The number of nitrogen functional groups attached to an aromatic ring is 1. The van der Waals surface area contributed by atoms with Crippen molar-refractivity contribution in [2.45, 2.75) is 30.1 Å². The smallest absolute Gasteiger partial charge is 0.143 e. The molecule has 0 aliphatic carbocycles. The zero-order valence-electron chi connectivity index (χ0n) is 10.6. The molecule has 0 amide bonds. The van der Waals surface area contributed by atoms with Gasteiger partial charge in [-0.3, -0.25) is 0 Å². The lowest BCUT2D eigenvalue weighted by atomic mass is 10.3. The first-order valence-electron chi connectivity index (χ1n) is 5.95. The third-order valence-electron chi connectivity index (χ3n) is 2.49. The van der Waals surface area contributed by atoms with Crippen LogP contribution in [0.4, 0.5) is 5.69 Å². The first kappa shape index (κ1) is 12.9. The Bertz CT molecular complexity index is 522. The van der Waals surface area contributed by atoms with Crippen LogP contribution in [0, 0.1) is 6.92 Å². The Kier molecular flexibility index (Phi) is 4.20. The van der Waals surface area contributed by atoms with Crippen LogP contribution in [0.5, 0.6) is 5.75 Å². The minimum absolute atomic E-state index is 0.678. The van der Waals surface area contributed by atoms with Gasteiger partial charge in [0, 0.05) is 4.90 Å². The van der Waals surface area contributed by atoms with Gasteiger partial charge in [0.05, 0.1) is 23.5 Å². The van der Waals surface area contributed by atoms with Gasteiger partial charge in [-0.15, -0.1) is 0 Å². The summed E-state index contributed by atoms with van der Waals surface area (Å²) < 4.78 is 10.9. The highest BCUT2D eigenvalue weighted by atomic mass is 32.2. The van der Waals surface area contributed by atoms with Crippen molar-refractivity contribution < 1.29 is 9.15 Å². The zero-order chi connectivity index (χ0) is 13.0. The van der Waals surface area contributed by atoms with Crippen LogP contribution in [0.3, 0.4) is 0 Å². The second kappa shape index (κ2) is 5.87. The van der Waals surface area contributed by atoms with E-state index in [-0.39, 0.29) is 0 Å². The lowest BCUT2D eigenvalue weighted by Gasteiger charge is -2.09. The average molecular weight is 263 g/mol. The summed E-state index contributed by atoms with van der Waals surface area (Å²) in [4.78, 5) is 2.21. The molecule has 0 radical (unpaired) electrons. The van der Waals surface area contributed by atoms with Crippen molar-refractivity contribution in [3.63, 3.8) is 0 Å². The van der Waals surface area contributed by atoms with E-state index in [1.54, 1.807) is 18.0 Å². The Balaban J connectivity index is 2.16. The third-order valence-corrected chi connectivity index (χ3v) is 3.62. The molecular weight excluding hydrogens is 246 g/mol. The SMILES string of the molecule is CCCOc1cc(Sc2ccoc2C)ccc1N. The minimum atomic E-state index is 0.678. The highest BCUT2D eigenvalue weighted by Gasteiger charge is 2.07. The summed E-state index contributed by atoms with van der Waals surface area (Å²) in [5, 5.41) is 0. The molecular formula is C14H17NO2S. The predicted octanol–water partition coefficient (Wildman–Crippen LogP) is 4.11. The highest BCUT2D eigenvalue weighted by Crippen LogP contribution is 2.34. The molecule has 1 aromatic carbocycles. The second-order valence-electron chi connectivity index (χ2n) is 3.99. The molecule has 0 unspecified atom stereocenters. The van der Waals surface area contributed by atoms with Crippen molar-refractivity contribution in [2.24, 2.45) is 0 Å². The van der Waals surface area contributed by atoms with Crippen LogP contribution >= 0.6 is 11.8 Å². The number of aryl methyl sites for hydroxylation is 1. The summed E-state index contributed by atoms with van der Waals surface area (Å²) >= 11 is 1.65. The topological polar surface area (TPSA) is 48.4 Å². The van der Waals surface area contributed by atoms with Gasteiger partial charge in [-0.25, -0.2) is 0 Å². The van der Waals surface area contributed by atoms with Crippen molar-refractivity contribution in [3.8, 4) is 5.75 Å². The maximum Gasteiger partial charge on any atom is 0.143 e. The fraction of sp³-hybridized carbons (Fsp3) is 0.286. The average Bonchev–Trinajstić information content (AvgIpc) is 2.76. The molecule has 0 bridgehead atoms. The number of benzene rings is 1. The van der Waals surface area contributed by atoms with E-state index in [1.165, 1.54) is 0 Å². The normalized spacial score (nSPS) is 10.6. The molecule has 0 saturated heterocycles. The maximum absolute atomic E-state index is 5.88. The first-order chi connectivity index (χ1) is 8.70. The van der Waals surface area contributed by atoms with Crippen molar-refractivity contribution in [1.29, 1.82) is 0 Å². The van der Waals surface area contributed by atoms with E-state index in [4.69, 9.17) is 14.9 Å². The molecule has 0 atom stereocenters. The number of ether oxygens (including phenoxy) is 1. The Labute approximate surface area is 111 Å². The highest BCUT2D eigenvalue weighted by molar-refractivity contribution is 7.99. The molecule has 3 nitrogen and oxygen atoms in total. The van der Waals surface area contributed by atoms with Gasteiger partial charge in [-0.1, -0.05) is 18.7 Å². The zero-order valence-corrected chi connectivity index (χ0v) is 11.4. The van der Waals surface area contributed by atoms with Crippen LogP contribution in [-0.4, -0.2) is 6.61 Å². The van der Waals surface area contributed by atoms with E-state index in [0.29, 0.717) is 12.3 Å². The summed E-state index contributed by atoms with van der Waals surface area (Å²) in [5.74, 6) is 1.68. The van der Waals surface area contributed by atoms with Crippen molar-refractivity contribution >= 4 is 17.4 Å². The van der Waals surface area contributed by atoms with Gasteiger partial charge in [0.25, 0.3) is 0 Å². The third kappa shape index (κ3) is 3.01. The number of furan rings is 1. The number of nitrogens with two attached hydrogens (primary N) is 1. The Morgan fingerprint density at radius 3 is 2.83 bits per heavy atom. The van der Waals surface area contributed by atoms with E-state index in [1.807, 2.05) is 31.2 Å². The molecule has 1 heterocycles. The molecule has 0 aliphatic rings. The summed E-state index contributed by atoms with van der Waals surface area (Å²) in [6.45, 7) is 4.71. The number of hydrogen-bond donors (Lipinski definition) is 1. The van der Waals surface area contributed by atoms with Crippen molar-refractivity contribution in [2.75, 3.05) is 12.3 Å². The molecule has 2 N–H and O–H groups in total. The summed E-state index contributed by atoms with van der Waals surface area (Å²) in [6, 6.07) is 7.80. The fourth-order valence-electron chi connectivity index (χ4n) is 1.52. The predicted molar refractivity (Wildman–Crippen MR) is 74.2 cm³/mol. The van der Waals surface area contributed by atoms with Gasteiger partial charge in [0.1, 0.15) is 11.5 Å². The Morgan fingerprint density at radius 1 is 1.33 bits per heavy atom. The lowest BCUT2D eigenvalue weighted by Crippen LogP contribution is -1.98. The van der Waals surface area contributed by atoms with Gasteiger partial charge in [0.2, 0.25) is 0 Å². The Hall–Kier alpha value is -1.55. The number of anilines is 1. The minimum Gasteiger partial charge on any atom is -0.491 e. The molecule has 18 heavy (non-hydrogen) atoms. The van der Waals surface area contributed by atoms with Crippen LogP contribution in [0.2, 0.25) is 0 Å². The number of hydrogen-bond acceptors (Lipinski definition) is 4. The summed E-state index contributed by atoms with van der Waals surface area (Å²) in [6.07, 6.45) is 2.67. The van der Waals surface area contributed by atoms with Crippen molar-refractivity contribution in [1.82, 2.24) is 0 Å². The number of rotatable bonds is 5. The largest absolute Gasteiger partial charge is 0.491 e. The van der Waals surface area contributed by atoms with Crippen LogP contribution < -0.4 is 10.5 Å². The van der Waals surface area contributed by atoms with E-state index < -0.39 is 0 Å². The molecule has 0 aliphatic heterocycles. The molecule has 0 saturated carbocycles. The molecule has 2 aromatic rings. The van der Waals surface area contributed by atoms with Gasteiger partial charge in [-0.2, -0.15) is 0 Å². The Morgan fingerprint density at radius 2 is 2.17 bits per heavy atom. The lowest BCUT2D eigenvalue weighted by molar-refractivity contribution is 0.318.